The number of fused-ring (bicyclic) bond motifs is 1. The molecule has 1 N–H and O–H groups in total. The van der Waals surface area contributed by atoms with Gasteiger partial charge in [0.25, 0.3) is 0 Å². The van der Waals surface area contributed by atoms with Crippen LogP contribution in [-0.4, -0.2) is 39.5 Å². The molecule has 7 heteroatoms. The molecule has 19 heavy (non-hydrogen) atoms. The maximum atomic E-state index is 6.28. The highest BCUT2D eigenvalue weighted by atomic mass is 35.5. The molecular weight excluding hydrogens is 288 g/mol. The van der Waals surface area contributed by atoms with Crippen LogP contribution < -0.4 is 14.8 Å². The number of rotatable bonds is 6. The Morgan fingerprint density at radius 3 is 2.63 bits per heavy atom. The monoisotopic (exact) mass is 302 g/mol. The third-order valence-corrected chi connectivity index (χ3v) is 4.08. The number of halogens is 1. The van der Waals surface area contributed by atoms with Gasteiger partial charge in [-0.1, -0.05) is 22.9 Å². The number of anilines is 1. The van der Waals surface area contributed by atoms with Gasteiger partial charge in [-0.15, -0.1) is 0 Å². The number of nitrogens with one attached hydrogen (secondary N) is 1. The van der Waals surface area contributed by atoms with Gasteiger partial charge in [0.15, 0.2) is 5.13 Å². The van der Waals surface area contributed by atoms with Gasteiger partial charge >= 0.3 is 0 Å². The lowest BCUT2D eigenvalue weighted by molar-refractivity contribution is 0.211. The van der Waals surface area contributed by atoms with Gasteiger partial charge in [-0.25, -0.2) is 4.98 Å². The topological polar surface area (TPSA) is 52.6 Å². The van der Waals surface area contributed by atoms with Gasteiger partial charge in [-0.05, 0) is 0 Å². The molecule has 5 nitrogen and oxygen atoms in total. The molecular formula is C12H15ClN2O3S. The van der Waals surface area contributed by atoms with Crippen LogP contribution in [0.4, 0.5) is 5.13 Å². The summed E-state index contributed by atoms with van der Waals surface area (Å²) in [5, 5.41) is 4.51. The molecule has 2 rings (SSSR count). The Balaban J connectivity index is 2.42. The first-order valence-corrected chi connectivity index (χ1v) is 6.84. The van der Waals surface area contributed by atoms with Crippen molar-refractivity contribution < 1.29 is 14.2 Å². The van der Waals surface area contributed by atoms with Crippen molar-refractivity contribution in [3.63, 3.8) is 0 Å². The van der Waals surface area contributed by atoms with E-state index in [1.54, 1.807) is 27.4 Å². The summed E-state index contributed by atoms with van der Waals surface area (Å²) in [7, 11) is 4.83. The number of benzene rings is 1. The minimum absolute atomic E-state index is 0.551. The lowest BCUT2D eigenvalue weighted by Gasteiger charge is -2.06. The summed E-state index contributed by atoms with van der Waals surface area (Å²) < 4.78 is 16.4. The highest BCUT2D eigenvalue weighted by molar-refractivity contribution is 7.22. The van der Waals surface area contributed by atoms with Gasteiger partial charge in [0, 0.05) is 19.7 Å². The second-order valence-corrected chi connectivity index (χ2v) is 5.09. The van der Waals surface area contributed by atoms with E-state index in [1.165, 1.54) is 11.3 Å². The summed E-state index contributed by atoms with van der Waals surface area (Å²) >= 11 is 7.75. The highest BCUT2D eigenvalue weighted by Crippen LogP contribution is 2.42. The van der Waals surface area contributed by atoms with Gasteiger partial charge in [0.05, 0.1) is 25.5 Å². The molecule has 0 aliphatic heterocycles. The Hall–Kier alpha value is -1.24. The third kappa shape index (κ3) is 2.86. The van der Waals surface area contributed by atoms with E-state index in [4.69, 9.17) is 25.8 Å². The van der Waals surface area contributed by atoms with Crippen LogP contribution in [-0.2, 0) is 4.74 Å². The van der Waals surface area contributed by atoms with Crippen molar-refractivity contribution in [3.05, 3.63) is 11.1 Å². The van der Waals surface area contributed by atoms with Crippen LogP contribution in [0.1, 0.15) is 0 Å². The number of hydrogen-bond acceptors (Lipinski definition) is 6. The van der Waals surface area contributed by atoms with Gasteiger partial charge < -0.3 is 19.5 Å². The minimum Gasteiger partial charge on any atom is -0.495 e. The molecule has 0 aliphatic rings. The van der Waals surface area contributed by atoms with Crippen molar-refractivity contribution >= 4 is 38.3 Å². The van der Waals surface area contributed by atoms with Gasteiger partial charge in [0.1, 0.15) is 22.0 Å². The number of aromatic nitrogens is 1. The average molecular weight is 303 g/mol. The van der Waals surface area contributed by atoms with Crippen LogP contribution >= 0.6 is 22.9 Å². The maximum absolute atomic E-state index is 6.28. The summed E-state index contributed by atoms with van der Waals surface area (Å²) in [6, 6.07) is 1.74. The summed E-state index contributed by atoms with van der Waals surface area (Å²) in [6.45, 7) is 1.30. The van der Waals surface area contributed by atoms with E-state index in [-0.39, 0.29) is 0 Å². The first-order valence-electron chi connectivity index (χ1n) is 5.65. The lowest BCUT2D eigenvalue weighted by atomic mass is 10.3. The molecule has 0 spiro atoms. The quantitative estimate of drug-likeness (QED) is 0.831. The average Bonchev–Trinajstić information content (AvgIpc) is 2.84. The van der Waals surface area contributed by atoms with Gasteiger partial charge in [-0.2, -0.15) is 0 Å². The van der Waals surface area contributed by atoms with E-state index in [0.717, 1.165) is 15.3 Å². The van der Waals surface area contributed by atoms with E-state index in [9.17, 15) is 0 Å². The normalized spacial score (nSPS) is 10.7. The van der Waals surface area contributed by atoms with E-state index >= 15 is 0 Å². The Morgan fingerprint density at radius 2 is 2.00 bits per heavy atom. The first kappa shape index (κ1) is 14.2. The Morgan fingerprint density at radius 1 is 1.26 bits per heavy atom. The fourth-order valence-corrected chi connectivity index (χ4v) is 2.91. The summed E-state index contributed by atoms with van der Waals surface area (Å²) in [6.07, 6.45) is 0. The largest absolute Gasteiger partial charge is 0.495 e. The predicted molar refractivity (Wildman–Crippen MR) is 78.1 cm³/mol. The van der Waals surface area contributed by atoms with Crippen molar-refractivity contribution in [1.82, 2.24) is 4.98 Å². The zero-order valence-corrected chi connectivity index (χ0v) is 12.5. The van der Waals surface area contributed by atoms with E-state index in [2.05, 4.69) is 10.3 Å². The molecule has 0 saturated carbocycles. The number of thiazole rings is 1. The number of hydrogen-bond donors (Lipinski definition) is 1. The second kappa shape index (κ2) is 6.27. The molecule has 0 aliphatic carbocycles. The third-order valence-electron chi connectivity index (χ3n) is 2.56. The smallest absolute Gasteiger partial charge is 0.184 e. The van der Waals surface area contributed by atoms with E-state index in [0.29, 0.717) is 29.7 Å². The fraction of sp³-hybridized carbons (Fsp3) is 0.417. The summed E-state index contributed by atoms with van der Waals surface area (Å²) in [4.78, 5) is 4.48. The molecule has 0 radical (unpaired) electrons. The Bertz CT molecular complexity index is 574. The standard InChI is InChI=1S/C12H15ClN2O3S/c1-16-5-4-14-12-15-10-8(18-3)6-7(17-2)9(13)11(10)19-12/h6H,4-5H2,1-3H3,(H,14,15). The predicted octanol–water partition coefficient (Wildman–Crippen LogP) is 3.03. The first-order chi connectivity index (χ1) is 9.21. The van der Waals surface area contributed by atoms with Crippen LogP contribution in [0.25, 0.3) is 10.2 Å². The van der Waals surface area contributed by atoms with Crippen LogP contribution in [0.3, 0.4) is 0 Å². The van der Waals surface area contributed by atoms with Crippen molar-refractivity contribution in [2.75, 3.05) is 39.8 Å². The highest BCUT2D eigenvalue weighted by Gasteiger charge is 2.16. The Labute approximate surface area is 120 Å². The lowest BCUT2D eigenvalue weighted by Crippen LogP contribution is -2.06. The molecule has 0 amide bonds. The van der Waals surface area contributed by atoms with Crippen LogP contribution in [0, 0.1) is 0 Å². The van der Waals surface area contributed by atoms with Crippen LogP contribution in [0.2, 0.25) is 5.02 Å². The zero-order chi connectivity index (χ0) is 13.8. The van der Waals surface area contributed by atoms with Gasteiger partial charge in [0.2, 0.25) is 0 Å². The maximum Gasteiger partial charge on any atom is 0.184 e. The number of nitrogens with zero attached hydrogens (tertiary/aromatic N) is 1. The van der Waals surface area contributed by atoms with Crippen molar-refractivity contribution in [3.8, 4) is 11.5 Å². The minimum atomic E-state index is 0.551. The SMILES string of the molecule is COCCNc1nc2c(OC)cc(OC)c(Cl)c2s1. The molecule has 1 heterocycles. The molecule has 0 atom stereocenters. The van der Waals surface area contributed by atoms with Crippen molar-refractivity contribution in [2.45, 2.75) is 0 Å². The fourth-order valence-electron chi connectivity index (χ4n) is 1.64. The zero-order valence-electron chi connectivity index (χ0n) is 10.9. The van der Waals surface area contributed by atoms with Crippen LogP contribution in [0.15, 0.2) is 6.07 Å². The Kier molecular flexibility index (Phi) is 4.68. The van der Waals surface area contributed by atoms with Crippen molar-refractivity contribution in [2.24, 2.45) is 0 Å². The molecule has 1 aromatic heterocycles. The molecule has 0 saturated heterocycles. The second-order valence-electron chi connectivity index (χ2n) is 3.71. The summed E-state index contributed by atoms with van der Waals surface area (Å²) in [5.74, 6) is 1.23. The van der Waals surface area contributed by atoms with Crippen LogP contribution in [0.5, 0.6) is 11.5 Å². The molecule has 0 bridgehead atoms. The molecule has 2 aromatic rings. The number of methoxy groups -OCH3 is 3. The van der Waals surface area contributed by atoms with E-state index in [1.807, 2.05) is 0 Å². The van der Waals surface area contributed by atoms with E-state index < -0.39 is 0 Å². The van der Waals surface area contributed by atoms with Gasteiger partial charge in [-0.3, -0.25) is 0 Å². The number of ether oxygens (including phenoxy) is 3. The molecule has 0 fully saturated rings. The van der Waals surface area contributed by atoms with Crippen molar-refractivity contribution in [1.29, 1.82) is 0 Å². The molecule has 104 valence electrons. The molecule has 0 unspecified atom stereocenters. The summed E-state index contributed by atoms with van der Waals surface area (Å²) in [5.41, 5.74) is 0.734. The molecule has 1 aromatic carbocycles.